The number of primary amides is 1. The number of phenols is 1. The fraction of sp³-hybridized carbons (Fsp3) is 0.560. The summed E-state index contributed by atoms with van der Waals surface area (Å²) in [5.74, 6) is -2.17. The molecule has 36 heavy (non-hydrogen) atoms. The Morgan fingerprint density at radius 1 is 1.19 bits per heavy atom. The van der Waals surface area contributed by atoms with Gasteiger partial charge in [0.1, 0.15) is 30.0 Å². The summed E-state index contributed by atoms with van der Waals surface area (Å²) in [6.07, 6.45) is 0.191. The molecule has 0 aliphatic carbocycles. The zero-order valence-electron chi connectivity index (χ0n) is 21.5. The van der Waals surface area contributed by atoms with Crippen molar-refractivity contribution in [2.75, 3.05) is 6.54 Å². The van der Waals surface area contributed by atoms with Crippen LogP contribution in [0, 0.1) is 11.3 Å². The van der Waals surface area contributed by atoms with Crippen LogP contribution in [0.1, 0.15) is 71.9 Å². The number of nitriles is 1. The van der Waals surface area contributed by atoms with Crippen molar-refractivity contribution in [2.24, 2.45) is 5.73 Å². The second-order valence-corrected chi connectivity index (χ2v) is 9.52. The largest absolute Gasteiger partial charge is 0.508 e. The molecule has 1 rings (SSSR count). The van der Waals surface area contributed by atoms with Crippen LogP contribution in [0.3, 0.4) is 0 Å². The molecule has 1 aromatic rings. The van der Waals surface area contributed by atoms with Crippen LogP contribution in [0.4, 0.5) is 4.79 Å². The van der Waals surface area contributed by atoms with E-state index in [2.05, 4.69) is 10.6 Å². The maximum atomic E-state index is 13.7. The van der Waals surface area contributed by atoms with Crippen molar-refractivity contribution in [3.05, 3.63) is 29.8 Å². The first-order chi connectivity index (χ1) is 16.8. The molecule has 0 spiro atoms. The van der Waals surface area contributed by atoms with Gasteiger partial charge in [-0.25, -0.2) is 4.79 Å². The average Bonchev–Trinajstić information content (AvgIpc) is 2.74. The van der Waals surface area contributed by atoms with Gasteiger partial charge >= 0.3 is 6.09 Å². The van der Waals surface area contributed by atoms with Crippen molar-refractivity contribution in [1.82, 2.24) is 15.5 Å². The topological polar surface area (TPSA) is 175 Å². The quantitative estimate of drug-likeness (QED) is 0.316. The van der Waals surface area contributed by atoms with Crippen LogP contribution in [0.15, 0.2) is 24.3 Å². The van der Waals surface area contributed by atoms with Crippen molar-refractivity contribution < 1.29 is 29.0 Å². The second-order valence-electron chi connectivity index (χ2n) is 9.52. The van der Waals surface area contributed by atoms with Gasteiger partial charge in [-0.1, -0.05) is 25.5 Å². The van der Waals surface area contributed by atoms with E-state index in [1.54, 1.807) is 26.8 Å². The SMILES string of the molecule is CCCC(C)NC(=O)C(c1cccc(O)c1)N(CC#N)C(=O)C(CCC(N)=O)NC(=O)OC(C)(C)C. The van der Waals surface area contributed by atoms with Crippen molar-refractivity contribution in [1.29, 1.82) is 5.26 Å². The zero-order valence-corrected chi connectivity index (χ0v) is 21.5. The number of carbonyl (C=O) groups excluding carboxylic acids is 4. The molecule has 11 heteroatoms. The van der Waals surface area contributed by atoms with Crippen molar-refractivity contribution in [3.63, 3.8) is 0 Å². The van der Waals surface area contributed by atoms with Gasteiger partial charge in [0, 0.05) is 12.5 Å². The summed E-state index contributed by atoms with van der Waals surface area (Å²) in [4.78, 5) is 51.9. The Morgan fingerprint density at radius 2 is 1.86 bits per heavy atom. The van der Waals surface area contributed by atoms with E-state index in [1.165, 1.54) is 18.2 Å². The molecule has 0 radical (unpaired) electrons. The minimum atomic E-state index is -1.30. The molecular weight excluding hydrogens is 466 g/mol. The van der Waals surface area contributed by atoms with E-state index >= 15 is 0 Å². The fourth-order valence-corrected chi connectivity index (χ4v) is 3.56. The van der Waals surface area contributed by atoms with Gasteiger partial charge < -0.3 is 31.1 Å². The maximum absolute atomic E-state index is 13.7. The van der Waals surface area contributed by atoms with Gasteiger partial charge in [-0.05, 0) is 58.2 Å². The number of benzene rings is 1. The van der Waals surface area contributed by atoms with Crippen LogP contribution in [-0.2, 0) is 19.1 Å². The highest BCUT2D eigenvalue weighted by Gasteiger charge is 2.36. The fourth-order valence-electron chi connectivity index (χ4n) is 3.56. The first-order valence-corrected chi connectivity index (χ1v) is 11.8. The summed E-state index contributed by atoms with van der Waals surface area (Å²) < 4.78 is 5.24. The molecule has 5 N–H and O–H groups in total. The summed E-state index contributed by atoms with van der Waals surface area (Å²) in [6, 6.07) is 4.87. The molecule has 0 aromatic heterocycles. The Hall–Kier alpha value is -3.81. The normalized spacial score (nSPS) is 13.4. The van der Waals surface area contributed by atoms with Gasteiger partial charge in [-0.2, -0.15) is 5.26 Å². The molecule has 0 bridgehead atoms. The molecular formula is C25H37N5O6. The van der Waals surface area contributed by atoms with E-state index in [-0.39, 0.29) is 30.2 Å². The van der Waals surface area contributed by atoms with E-state index in [0.717, 1.165) is 11.3 Å². The Kier molecular flexibility index (Phi) is 11.7. The van der Waals surface area contributed by atoms with E-state index in [9.17, 15) is 29.5 Å². The van der Waals surface area contributed by atoms with Crippen LogP contribution in [0.25, 0.3) is 0 Å². The predicted molar refractivity (Wildman–Crippen MR) is 132 cm³/mol. The van der Waals surface area contributed by atoms with E-state index in [0.29, 0.717) is 6.42 Å². The number of rotatable bonds is 12. The highest BCUT2D eigenvalue weighted by Crippen LogP contribution is 2.26. The first kappa shape index (κ1) is 30.2. The van der Waals surface area contributed by atoms with Crippen LogP contribution in [0.2, 0.25) is 0 Å². The van der Waals surface area contributed by atoms with Gasteiger partial charge in [0.15, 0.2) is 0 Å². The smallest absolute Gasteiger partial charge is 0.408 e. The lowest BCUT2D eigenvalue weighted by molar-refractivity contribution is -0.142. The zero-order chi connectivity index (χ0) is 27.5. The molecule has 0 heterocycles. The third kappa shape index (κ3) is 10.2. The molecule has 0 saturated heterocycles. The number of phenolic OH excluding ortho intramolecular Hbond substituents is 1. The van der Waals surface area contributed by atoms with Gasteiger partial charge in [0.05, 0.1) is 6.07 Å². The minimum absolute atomic E-state index is 0.131. The van der Waals surface area contributed by atoms with E-state index in [1.807, 2.05) is 19.9 Å². The third-order valence-electron chi connectivity index (χ3n) is 5.05. The van der Waals surface area contributed by atoms with Gasteiger partial charge in [-0.3, -0.25) is 14.4 Å². The minimum Gasteiger partial charge on any atom is -0.508 e. The lowest BCUT2D eigenvalue weighted by atomic mass is 10.0. The summed E-state index contributed by atoms with van der Waals surface area (Å²) >= 11 is 0. The monoisotopic (exact) mass is 503 g/mol. The maximum Gasteiger partial charge on any atom is 0.408 e. The molecule has 1 aromatic carbocycles. The molecule has 0 fully saturated rings. The molecule has 3 unspecified atom stereocenters. The standard InChI is InChI=1S/C25H37N5O6/c1-6-8-16(2)28-22(33)21(17-9-7-10-18(31)15-17)30(14-13-26)23(34)19(11-12-20(27)32)29-24(35)36-25(3,4)5/h7,9-10,15-16,19,21,31H,6,8,11-12,14H2,1-5H3,(H2,27,32)(H,28,33)(H,29,35). The Morgan fingerprint density at radius 3 is 2.39 bits per heavy atom. The average molecular weight is 504 g/mol. The molecule has 11 nitrogen and oxygen atoms in total. The van der Waals surface area contributed by atoms with Crippen LogP contribution < -0.4 is 16.4 Å². The lowest BCUT2D eigenvalue weighted by Gasteiger charge is -2.33. The molecule has 4 amide bonds. The molecule has 3 atom stereocenters. The number of alkyl carbamates (subject to hydrolysis) is 1. The Bertz CT molecular complexity index is 968. The van der Waals surface area contributed by atoms with Crippen LogP contribution in [0.5, 0.6) is 5.75 Å². The number of amides is 4. The number of nitrogens with zero attached hydrogens (tertiary/aromatic N) is 2. The van der Waals surface area contributed by atoms with Crippen molar-refractivity contribution in [2.45, 2.75) is 84.0 Å². The summed E-state index contributed by atoms with van der Waals surface area (Å²) in [5.41, 5.74) is 4.67. The van der Waals surface area contributed by atoms with E-state index in [4.69, 9.17) is 10.5 Å². The first-order valence-electron chi connectivity index (χ1n) is 11.8. The summed E-state index contributed by atoms with van der Waals surface area (Å²) in [7, 11) is 0. The Balaban J connectivity index is 3.45. The number of ether oxygens (including phenoxy) is 1. The van der Waals surface area contributed by atoms with Crippen molar-refractivity contribution in [3.8, 4) is 11.8 Å². The van der Waals surface area contributed by atoms with Gasteiger partial charge in [0.2, 0.25) is 17.7 Å². The van der Waals surface area contributed by atoms with Crippen molar-refractivity contribution >= 4 is 23.8 Å². The number of nitrogens with two attached hydrogens (primary N) is 1. The van der Waals surface area contributed by atoms with Gasteiger partial charge in [-0.15, -0.1) is 0 Å². The Labute approximate surface area is 212 Å². The third-order valence-corrected chi connectivity index (χ3v) is 5.05. The molecule has 0 saturated carbocycles. The van der Waals surface area contributed by atoms with Crippen LogP contribution >= 0.6 is 0 Å². The molecule has 0 aliphatic heterocycles. The van der Waals surface area contributed by atoms with Gasteiger partial charge in [0.25, 0.3) is 0 Å². The van der Waals surface area contributed by atoms with E-state index < -0.39 is 48.0 Å². The second kappa shape index (κ2) is 13.9. The predicted octanol–water partition coefficient (Wildman–Crippen LogP) is 2.25. The number of hydrogen-bond acceptors (Lipinski definition) is 7. The highest BCUT2D eigenvalue weighted by atomic mass is 16.6. The molecule has 198 valence electrons. The summed E-state index contributed by atoms with van der Waals surface area (Å²) in [5, 5.41) is 24.8. The molecule has 0 aliphatic rings. The lowest BCUT2D eigenvalue weighted by Crippen LogP contribution is -2.53. The number of aromatic hydroxyl groups is 1. The van der Waals surface area contributed by atoms with Crippen LogP contribution in [-0.4, -0.2) is 58.1 Å². The highest BCUT2D eigenvalue weighted by molar-refractivity contribution is 5.92. The summed E-state index contributed by atoms with van der Waals surface area (Å²) in [6.45, 7) is 8.22. The number of nitrogens with one attached hydrogen (secondary N) is 2. The number of carbonyl (C=O) groups is 4. The number of hydrogen-bond donors (Lipinski definition) is 4.